The Morgan fingerprint density at radius 1 is 0.857 bits per heavy atom. The molecule has 13 heteroatoms. The van der Waals surface area contributed by atoms with Gasteiger partial charge < -0.3 is 10.2 Å². The van der Waals surface area contributed by atoms with Gasteiger partial charge in [-0.3, -0.25) is 9.11 Å². The first kappa shape index (κ1) is 20.0. The standard InChI is InChI=1S/C8H6O10S2.Na.H/c9-7(10)4-1-3(19(13,14)15)2-5(20(16,17)18)6(4)8(11)12;;/h1-2H,(H,9,10)(H,11,12)(H,13,14,15)(H,16,17,18);;. The van der Waals surface area contributed by atoms with Crippen LogP contribution in [0, 0.1) is 0 Å². The molecular formula is C8H7NaO10S2. The molecule has 0 atom stereocenters. The summed E-state index contributed by atoms with van der Waals surface area (Å²) in [7, 11) is -10.3. The van der Waals surface area contributed by atoms with Crippen LogP contribution in [0.2, 0.25) is 0 Å². The normalized spacial score (nSPS) is 11.5. The van der Waals surface area contributed by atoms with E-state index in [4.69, 9.17) is 19.3 Å². The van der Waals surface area contributed by atoms with Crippen LogP contribution in [0.3, 0.4) is 0 Å². The van der Waals surface area contributed by atoms with E-state index in [0.29, 0.717) is 0 Å². The molecule has 0 saturated heterocycles. The average Bonchev–Trinajstić information content (AvgIpc) is 2.24. The van der Waals surface area contributed by atoms with Gasteiger partial charge in [-0.05, 0) is 12.1 Å². The molecule has 1 aromatic rings. The van der Waals surface area contributed by atoms with Crippen molar-refractivity contribution in [1.82, 2.24) is 0 Å². The Bertz CT molecular complexity index is 808. The number of carboxylic acid groups (broad SMARTS) is 2. The van der Waals surface area contributed by atoms with E-state index >= 15 is 0 Å². The number of aromatic carboxylic acids is 2. The summed E-state index contributed by atoms with van der Waals surface area (Å²) in [6.07, 6.45) is 0. The number of hydrogen-bond acceptors (Lipinski definition) is 6. The second kappa shape index (κ2) is 6.39. The molecule has 0 aliphatic rings. The van der Waals surface area contributed by atoms with Gasteiger partial charge in [0.15, 0.2) is 0 Å². The monoisotopic (exact) mass is 350 g/mol. The van der Waals surface area contributed by atoms with E-state index in [9.17, 15) is 26.4 Å². The molecular weight excluding hydrogens is 343 g/mol. The quantitative estimate of drug-likeness (QED) is 0.385. The molecule has 0 spiro atoms. The van der Waals surface area contributed by atoms with Gasteiger partial charge in [0.2, 0.25) is 0 Å². The number of benzene rings is 1. The van der Waals surface area contributed by atoms with Gasteiger partial charge in [0.1, 0.15) is 4.90 Å². The van der Waals surface area contributed by atoms with Gasteiger partial charge in [-0.15, -0.1) is 0 Å². The van der Waals surface area contributed by atoms with Crippen molar-refractivity contribution in [2.24, 2.45) is 0 Å². The van der Waals surface area contributed by atoms with E-state index in [1.165, 1.54) is 0 Å². The van der Waals surface area contributed by atoms with Crippen molar-refractivity contribution in [3.63, 3.8) is 0 Å². The number of carbonyl (C=O) groups is 2. The number of carboxylic acids is 2. The van der Waals surface area contributed by atoms with Crippen LogP contribution in [-0.2, 0) is 20.2 Å². The zero-order chi connectivity index (χ0) is 15.9. The van der Waals surface area contributed by atoms with Crippen LogP contribution in [0.1, 0.15) is 20.7 Å². The van der Waals surface area contributed by atoms with Crippen molar-refractivity contribution in [2.45, 2.75) is 9.79 Å². The molecule has 0 saturated carbocycles. The molecule has 10 nitrogen and oxygen atoms in total. The van der Waals surface area contributed by atoms with E-state index in [2.05, 4.69) is 0 Å². The maximum absolute atomic E-state index is 11.0. The van der Waals surface area contributed by atoms with Crippen molar-refractivity contribution >= 4 is 61.7 Å². The summed E-state index contributed by atoms with van der Waals surface area (Å²) >= 11 is 0. The van der Waals surface area contributed by atoms with Crippen LogP contribution in [0.4, 0.5) is 0 Å². The van der Waals surface area contributed by atoms with Gasteiger partial charge in [-0.25, -0.2) is 9.59 Å². The summed E-state index contributed by atoms with van der Waals surface area (Å²) in [5, 5.41) is 17.6. The molecule has 0 aromatic heterocycles. The summed E-state index contributed by atoms with van der Waals surface area (Å²) in [6.45, 7) is 0. The summed E-state index contributed by atoms with van der Waals surface area (Å²) in [5.74, 6) is -3.98. The Hall–Kier alpha value is -1.02. The predicted molar refractivity (Wildman–Crippen MR) is 67.1 cm³/mol. The van der Waals surface area contributed by atoms with Crippen LogP contribution < -0.4 is 0 Å². The van der Waals surface area contributed by atoms with Crippen molar-refractivity contribution < 1.29 is 45.7 Å². The van der Waals surface area contributed by atoms with E-state index in [0.717, 1.165) is 0 Å². The van der Waals surface area contributed by atoms with E-state index in [-0.39, 0.29) is 41.7 Å². The molecule has 112 valence electrons. The molecule has 0 heterocycles. The Morgan fingerprint density at radius 2 is 1.33 bits per heavy atom. The fourth-order valence-electron chi connectivity index (χ4n) is 1.33. The summed E-state index contributed by atoms with van der Waals surface area (Å²) in [4.78, 5) is 19.1. The molecule has 0 amide bonds. The molecule has 0 aliphatic carbocycles. The number of rotatable bonds is 4. The third-order valence-electron chi connectivity index (χ3n) is 2.10. The molecule has 21 heavy (non-hydrogen) atoms. The van der Waals surface area contributed by atoms with Crippen molar-refractivity contribution in [3.05, 3.63) is 23.3 Å². The van der Waals surface area contributed by atoms with Crippen molar-refractivity contribution in [3.8, 4) is 0 Å². The molecule has 1 rings (SSSR count). The molecule has 0 bridgehead atoms. The Balaban J connectivity index is 0.00000400. The third kappa shape index (κ3) is 4.47. The van der Waals surface area contributed by atoms with Crippen molar-refractivity contribution in [2.75, 3.05) is 0 Å². The molecule has 0 aliphatic heterocycles. The minimum atomic E-state index is -5.24. The minimum absolute atomic E-state index is 0. The molecule has 0 fully saturated rings. The van der Waals surface area contributed by atoms with Gasteiger partial charge in [0, 0.05) is 0 Å². The van der Waals surface area contributed by atoms with Crippen LogP contribution in [0.25, 0.3) is 0 Å². The summed E-state index contributed by atoms with van der Waals surface area (Å²) < 4.78 is 61.5. The van der Waals surface area contributed by atoms with Gasteiger partial charge in [-0.2, -0.15) is 16.8 Å². The second-order valence-electron chi connectivity index (χ2n) is 3.40. The summed E-state index contributed by atoms with van der Waals surface area (Å²) in [5.41, 5.74) is -2.55. The maximum atomic E-state index is 11.0. The van der Waals surface area contributed by atoms with Crippen LogP contribution in [0.5, 0.6) is 0 Å². The SMILES string of the molecule is O=C(O)c1cc(S(=O)(=O)O)cc(S(=O)(=O)O)c1C(=O)O.[NaH]. The molecule has 4 N–H and O–H groups in total. The first-order valence-corrected chi connectivity index (χ1v) is 7.33. The van der Waals surface area contributed by atoms with Gasteiger partial charge >= 0.3 is 41.5 Å². The fourth-order valence-corrected chi connectivity index (χ4v) is 2.67. The molecule has 1 aromatic carbocycles. The topological polar surface area (TPSA) is 183 Å². The van der Waals surface area contributed by atoms with E-state index in [1.807, 2.05) is 0 Å². The van der Waals surface area contributed by atoms with Crippen LogP contribution in [0.15, 0.2) is 21.9 Å². The van der Waals surface area contributed by atoms with Gasteiger partial charge in [-0.1, -0.05) is 0 Å². The Kier molecular flexibility index (Phi) is 6.08. The fraction of sp³-hybridized carbons (Fsp3) is 0. The predicted octanol–water partition coefficient (Wildman–Crippen LogP) is -1.07. The van der Waals surface area contributed by atoms with E-state index in [1.54, 1.807) is 0 Å². The van der Waals surface area contributed by atoms with Crippen LogP contribution >= 0.6 is 0 Å². The first-order valence-electron chi connectivity index (χ1n) is 4.45. The first-order chi connectivity index (χ1) is 8.85. The third-order valence-corrected chi connectivity index (χ3v) is 3.80. The summed E-state index contributed by atoms with van der Waals surface area (Å²) in [6, 6.07) is 0.399. The van der Waals surface area contributed by atoms with Crippen LogP contribution in [-0.4, -0.2) is 77.7 Å². The average molecular weight is 350 g/mol. The second-order valence-corrected chi connectivity index (χ2v) is 6.22. The Morgan fingerprint density at radius 3 is 1.62 bits per heavy atom. The zero-order valence-electron chi connectivity index (χ0n) is 9.21. The zero-order valence-corrected chi connectivity index (χ0v) is 10.8. The molecule has 0 radical (unpaired) electrons. The van der Waals surface area contributed by atoms with E-state index < -0.39 is 53.1 Å². The number of hydrogen-bond donors (Lipinski definition) is 4. The van der Waals surface area contributed by atoms with Crippen molar-refractivity contribution in [1.29, 1.82) is 0 Å². The van der Waals surface area contributed by atoms with Gasteiger partial charge in [0.05, 0.1) is 16.0 Å². The molecule has 0 unspecified atom stereocenters. The van der Waals surface area contributed by atoms with Gasteiger partial charge in [0.25, 0.3) is 20.2 Å². The Labute approximate surface area is 140 Å².